The van der Waals surface area contributed by atoms with E-state index in [4.69, 9.17) is 0 Å². The van der Waals surface area contributed by atoms with Crippen molar-refractivity contribution in [3.63, 3.8) is 0 Å². The van der Waals surface area contributed by atoms with E-state index in [2.05, 4.69) is 5.32 Å². The van der Waals surface area contributed by atoms with Crippen molar-refractivity contribution in [2.45, 2.75) is 19.4 Å². The second-order valence-electron chi connectivity index (χ2n) is 6.12. The van der Waals surface area contributed by atoms with Gasteiger partial charge < -0.3 is 4.90 Å². The zero-order valence-electron chi connectivity index (χ0n) is 14.1. The molecule has 2 aliphatic heterocycles. The Hall–Kier alpha value is -2.13. The lowest BCUT2D eigenvalue weighted by Gasteiger charge is -2.27. The normalized spacial score (nSPS) is 23.3. The average Bonchev–Trinajstić information content (AvgIpc) is 3.10. The van der Waals surface area contributed by atoms with E-state index < -0.39 is 21.0 Å². The van der Waals surface area contributed by atoms with Crippen molar-refractivity contribution in [2.75, 3.05) is 18.1 Å². The Balaban J connectivity index is 1.75. The molecule has 1 atom stereocenters. The highest BCUT2D eigenvalue weighted by atomic mass is 32.2. The third-order valence-corrected chi connectivity index (χ3v) is 6.91. The van der Waals surface area contributed by atoms with Gasteiger partial charge in [-0.25, -0.2) is 8.42 Å². The quantitative estimate of drug-likeness (QED) is 0.780. The molecule has 2 heterocycles. The fourth-order valence-corrected chi connectivity index (χ4v) is 5.46. The highest BCUT2D eigenvalue weighted by molar-refractivity contribution is 8.18. The van der Waals surface area contributed by atoms with Crippen molar-refractivity contribution in [3.05, 3.63) is 40.3 Å². The number of sulfone groups is 1. The maximum absolute atomic E-state index is 12.7. The molecule has 138 valence electrons. The van der Waals surface area contributed by atoms with Gasteiger partial charge in [-0.05, 0) is 48.9 Å². The van der Waals surface area contributed by atoms with Crippen molar-refractivity contribution in [1.82, 2.24) is 10.2 Å². The third kappa shape index (κ3) is 3.99. The van der Waals surface area contributed by atoms with Gasteiger partial charge in [0.25, 0.3) is 17.1 Å². The summed E-state index contributed by atoms with van der Waals surface area (Å²) in [6, 6.07) is 6.37. The third-order valence-electron chi connectivity index (χ3n) is 4.35. The number of imide groups is 1. The predicted octanol–water partition coefficient (Wildman–Crippen LogP) is 1.66. The molecular formula is C17H18N2O5S2. The first kappa shape index (κ1) is 18.7. The van der Waals surface area contributed by atoms with Crippen LogP contribution in [0, 0.1) is 0 Å². The summed E-state index contributed by atoms with van der Waals surface area (Å²) < 4.78 is 23.4. The Bertz CT molecular complexity index is 890. The molecule has 2 saturated heterocycles. The van der Waals surface area contributed by atoms with Crippen molar-refractivity contribution >= 4 is 44.7 Å². The number of nitrogens with zero attached hydrogens (tertiary/aromatic N) is 1. The molecule has 0 spiro atoms. The summed E-state index contributed by atoms with van der Waals surface area (Å²) in [6.07, 6.45) is 2.05. The highest BCUT2D eigenvalue weighted by Gasteiger charge is 2.34. The van der Waals surface area contributed by atoms with Crippen LogP contribution in [0.4, 0.5) is 4.79 Å². The second-order valence-corrected chi connectivity index (χ2v) is 9.37. The summed E-state index contributed by atoms with van der Waals surface area (Å²) in [5.41, 5.74) is 1.15. The number of benzene rings is 1. The second kappa shape index (κ2) is 7.24. The molecule has 3 rings (SSSR count). The van der Waals surface area contributed by atoms with Gasteiger partial charge in [-0.1, -0.05) is 12.1 Å². The Labute approximate surface area is 155 Å². The van der Waals surface area contributed by atoms with Crippen molar-refractivity contribution in [3.8, 4) is 0 Å². The fourth-order valence-electron chi connectivity index (χ4n) is 3.05. The van der Waals surface area contributed by atoms with E-state index in [0.29, 0.717) is 29.0 Å². The van der Waals surface area contributed by atoms with Crippen LogP contribution >= 0.6 is 11.8 Å². The van der Waals surface area contributed by atoms with E-state index in [9.17, 15) is 22.8 Å². The number of thioether (sulfide) groups is 1. The lowest BCUT2D eigenvalue weighted by atomic mass is 10.1. The molecular weight excluding hydrogens is 376 g/mol. The summed E-state index contributed by atoms with van der Waals surface area (Å²) >= 11 is 0.834. The van der Waals surface area contributed by atoms with Crippen LogP contribution in [0.25, 0.3) is 6.08 Å². The monoisotopic (exact) mass is 394 g/mol. The number of carbonyl (C=O) groups is 3. The topological polar surface area (TPSA) is 101 Å². The lowest BCUT2D eigenvalue weighted by Crippen LogP contribution is -2.40. The highest BCUT2D eigenvalue weighted by Crippen LogP contribution is 2.26. The molecule has 0 radical (unpaired) electrons. The maximum atomic E-state index is 12.7. The smallest absolute Gasteiger partial charge is 0.290 e. The summed E-state index contributed by atoms with van der Waals surface area (Å²) in [4.78, 5) is 37.4. The Morgan fingerprint density at radius 3 is 2.50 bits per heavy atom. The van der Waals surface area contributed by atoms with Gasteiger partial charge in [-0.2, -0.15) is 0 Å². The predicted molar refractivity (Wildman–Crippen MR) is 99.3 cm³/mol. The van der Waals surface area contributed by atoms with Gasteiger partial charge in [-0.15, -0.1) is 0 Å². The molecule has 0 saturated carbocycles. The molecule has 1 unspecified atom stereocenters. The largest absolute Gasteiger partial charge is 0.335 e. The van der Waals surface area contributed by atoms with Gasteiger partial charge in [0.05, 0.1) is 16.4 Å². The SMILES string of the molecule is CCN(C(=O)c1ccc(C=C2SC(=O)NC2=O)cc1)C1CCS(=O)(=O)C1. The molecule has 2 aliphatic rings. The molecule has 0 aromatic heterocycles. The van der Waals surface area contributed by atoms with Crippen LogP contribution in [0.2, 0.25) is 0 Å². The number of carbonyl (C=O) groups excluding carboxylic acids is 3. The lowest BCUT2D eigenvalue weighted by molar-refractivity contribution is -0.115. The average molecular weight is 394 g/mol. The fraction of sp³-hybridized carbons (Fsp3) is 0.353. The van der Waals surface area contributed by atoms with Crippen LogP contribution in [0.15, 0.2) is 29.2 Å². The number of nitrogens with one attached hydrogen (secondary N) is 1. The number of rotatable bonds is 4. The van der Waals surface area contributed by atoms with Gasteiger partial charge in [-0.3, -0.25) is 19.7 Å². The molecule has 1 aromatic carbocycles. The van der Waals surface area contributed by atoms with Crippen LogP contribution in [0.5, 0.6) is 0 Å². The van der Waals surface area contributed by atoms with Gasteiger partial charge in [0.15, 0.2) is 9.84 Å². The molecule has 3 amide bonds. The van der Waals surface area contributed by atoms with Gasteiger partial charge in [0.2, 0.25) is 0 Å². The van der Waals surface area contributed by atoms with E-state index >= 15 is 0 Å². The van der Waals surface area contributed by atoms with E-state index in [1.165, 1.54) is 0 Å². The minimum Gasteiger partial charge on any atom is -0.335 e. The van der Waals surface area contributed by atoms with E-state index in [1.807, 2.05) is 6.92 Å². The first-order chi connectivity index (χ1) is 12.3. The van der Waals surface area contributed by atoms with Crippen LogP contribution in [0.3, 0.4) is 0 Å². The Morgan fingerprint density at radius 1 is 1.31 bits per heavy atom. The molecule has 0 aliphatic carbocycles. The van der Waals surface area contributed by atoms with Gasteiger partial charge in [0.1, 0.15) is 0 Å². The molecule has 2 fully saturated rings. The zero-order chi connectivity index (χ0) is 18.9. The number of hydrogen-bond donors (Lipinski definition) is 1. The number of amides is 3. The van der Waals surface area contributed by atoms with Crippen molar-refractivity contribution in [2.24, 2.45) is 0 Å². The number of hydrogen-bond acceptors (Lipinski definition) is 6. The van der Waals surface area contributed by atoms with E-state index in [1.54, 1.807) is 35.2 Å². The summed E-state index contributed by atoms with van der Waals surface area (Å²) in [6.45, 7) is 2.26. The van der Waals surface area contributed by atoms with Gasteiger partial charge >= 0.3 is 0 Å². The first-order valence-corrected chi connectivity index (χ1v) is 10.8. The zero-order valence-corrected chi connectivity index (χ0v) is 15.7. The molecule has 9 heteroatoms. The van der Waals surface area contributed by atoms with Crippen LogP contribution in [-0.4, -0.2) is 54.5 Å². The standard InChI is InChI=1S/C17H18N2O5S2/c1-2-19(13-7-8-26(23,24)10-13)16(21)12-5-3-11(4-6-12)9-14-15(20)18-17(22)25-14/h3-6,9,13H,2,7-8,10H2,1H3,(H,18,20,22). The summed E-state index contributed by atoms with van der Waals surface area (Å²) in [5, 5.41) is 1.78. The van der Waals surface area contributed by atoms with Gasteiger partial charge in [0, 0.05) is 18.2 Å². The Morgan fingerprint density at radius 2 is 2.00 bits per heavy atom. The van der Waals surface area contributed by atoms with Crippen LogP contribution < -0.4 is 5.32 Å². The maximum Gasteiger partial charge on any atom is 0.290 e. The van der Waals surface area contributed by atoms with Crippen LogP contribution in [0.1, 0.15) is 29.3 Å². The molecule has 26 heavy (non-hydrogen) atoms. The van der Waals surface area contributed by atoms with E-state index in [-0.39, 0.29) is 23.5 Å². The Kier molecular flexibility index (Phi) is 5.19. The van der Waals surface area contributed by atoms with Crippen molar-refractivity contribution < 1.29 is 22.8 Å². The minimum absolute atomic E-state index is 0.0110. The molecule has 7 nitrogen and oxygen atoms in total. The first-order valence-electron chi connectivity index (χ1n) is 8.15. The summed E-state index contributed by atoms with van der Waals surface area (Å²) in [5.74, 6) is -0.513. The van der Waals surface area contributed by atoms with E-state index in [0.717, 1.165) is 11.8 Å². The minimum atomic E-state index is -3.07. The molecule has 0 bridgehead atoms. The van der Waals surface area contributed by atoms with Crippen molar-refractivity contribution in [1.29, 1.82) is 0 Å². The summed E-state index contributed by atoms with van der Waals surface area (Å²) in [7, 11) is -3.07. The molecule has 1 aromatic rings. The molecule has 1 N–H and O–H groups in total. The van der Waals surface area contributed by atoms with Crippen LogP contribution in [-0.2, 0) is 14.6 Å².